The number of urea groups is 1. The lowest BCUT2D eigenvalue weighted by Gasteiger charge is -2.20. The van der Waals surface area contributed by atoms with Crippen LogP contribution < -0.4 is 20.9 Å². The molecule has 0 aliphatic carbocycles. The van der Waals surface area contributed by atoms with Crippen LogP contribution in [0, 0.1) is 0 Å². The number of amides is 3. The van der Waals surface area contributed by atoms with Gasteiger partial charge < -0.3 is 20.9 Å². The van der Waals surface area contributed by atoms with E-state index in [9.17, 15) is 9.59 Å². The summed E-state index contributed by atoms with van der Waals surface area (Å²) in [7, 11) is 1.58. The zero-order valence-corrected chi connectivity index (χ0v) is 18.1. The van der Waals surface area contributed by atoms with Gasteiger partial charge in [0.05, 0.1) is 10.0 Å². The summed E-state index contributed by atoms with van der Waals surface area (Å²) in [6, 6.07) is 13.9. The zero-order chi connectivity index (χ0) is 22.0. The van der Waals surface area contributed by atoms with E-state index in [4.69, 9.17) is 23.2 Å². The SMILES string of the molecule is CNC(=O)c1cc(N2CCc3cc(NC(=O)Nc4ccc(Cl)c(Cl)c4)ccc32)ccn1. The van der Waals surface area contributed by atoms with Crippen molar-refractivity contribution < 1.29 is 9.59 Å². The fraction of sp³-hybridized carbons (Fsp3) is 0.136. The van der Waals surface area contributed by atoms with Crippen LogP contribution in [0.5, 0.6) is 0 Å². The largest absolute Gasteiger partial charge is 0.354 e. The Labute approximate surface area is 189 Å². The highest BCUT2D eigenvalue weighted by molar-refractivity contribution is 6.42. The molecule has 0 saturated heterocycles. The average molecular weight is 456 g/mol. The lowest BCUT2D eigenvalue weighted by molar-refractivity contribution is 0.0958. The summed E-state index contributed by atoms with van der Waals surface area (Å²) in [5.74, 6) is -0.228. The van der Waals surface area contributed by atoms with Gasteiger partial charge in [-0.1, -0.05) is 23.2 Å². The number of hydrogen-bond acceptors (Lipinski definition) is 4. The molecule has 0 saturated carbocycles. The number of benzene rings is 2. The number of carbonyl (C=O) groups excluding carboxylic acids is 2. The van der Waals surface area contributed by atoms with Crippen molar-refractivity contribution in [1.82, 2.24) is 10.3 Å². The normalized spacial score (nSPS) is 12.3. The predicted octanol–water partition coefficient (Wildman–Crippen LogP) is 5.09. The minimum Gasteiger partial charge on any atom is -0.354 e. The molecule has 3 aromatic rings. The van der Waals surface area contributed by atoms with Crippen LogP contribution in [0.25, 0.3) is 0 Å². The number of hydrogen-bond donors (Lipinski definition) is 3. The summed E-state index contributed by atoms with van der Waals surface area (Å²) in [5, 5.41) is 8.95. The van der Waals surface area contributed by atoms with Crippen LogP contribution in [-0.4, -0.2) is 30.5 Å². The Bertz CT molecular complexity index is 1170. The van der Waals surface area contributed by atoms with Crippen molar-refractivity contribution in [3.8, 4) is 0 Å². The van der Waals surface area contributed by atoms with E-state index in [0.717, 1.165) is 29.9 Å². The molecule has 9 heteroatoms. The zero-order valence-electron chi connectivity index (χ0n) is 16.6. The maximum atomic E-state index is 12.3. The number of nitrogens with one attached hydrogen (secondary N) is 3. The molecule has 4 rings (SSSR count). The Balaban J connectivity index is 1.48. The molecule has 0 bridgehead atoms. The molecule has 158 valence electrons. The predicted molar refractivity (Wildman–Crippen MR) is 124 cm³/mol. The van der Waals surface area contributed by atoms with Gasteiger partial charge in [-0.2, -0.15) is 0 Å². The quantitative estimate of drug-likeness (QED) is 0.511. The van der Waals surface area contributed by atoms with Gasteiger partial charge in [0, 0.05) is 42.5 Å². The summed E-state index contributed by atoms with van der Waals surface area (Å²) in [6.45, 7) is 0.769. The van der Waals surface area contributed by atoms with Crippen molar-refractivity contribution >= 4 is 57.9 Å². The second kappa shape index (κ2) is 8.83. The van der Waals surface area contributed by atoms with E-state index < -0.39 is 0 Å². The molecule has 7 nitrogen and oxygen atoms in total. The summed E-state index contributed by atoms with van der Waals surface area (Å²) in [6.07, 6.45) is 2.44. The molecular formula is C22H19Cl2N5O2. The number of aromatic nitrogens is 1. The molecular weight excluding hydrogens is 437 g/mol. The van der Waals surface area contributed by atoms with Gasteiger partial charge in [-0.15, -0.1) is 0 Å². The highest BCUT2D eigenvalue weighted by Crippen LogP contribution is 2.36. The van der Waals surface area contributed by atoms with Crippen LogP contribution in [0.2, 0.25) is 10.0 Å². The summed E-state index contributed by atoms with van der Waals surface area (Å²) < 4.78 is 0. The van der Waals surface area contributed by atoms with Crippen molar-refractivity contribution in [1.29, 1.82) is 0 Å². The molecule has 1 aliphatic heterocycles. The Morgan fingerprint density at radius 2 is 1.71 bits per heavy atom. The third-order valence-corrected chi connectivity index (χ3v) is 5.66. The minimum absolute atomic E-state index is 0.228. The van der Waals surface area contributed by atoms with Gasteiger partial charge in [0.15, 0.2) is 0 Å². The molecule has 0 radical (unpaired) electrons. The van der Waals surface area contributed by atoms with E-state index in [-0.39, 0.29) is 11.9 Å². The first-order chi connectivity index (χ1) is 14.9. The molecule has 0 atom stereocenters. The van der Waals surface area contributed by atoms with Gasteiger partial charge in [-0.25, -0.2) is 4.79 Å². The number of fused-ring (bicyclic) bond motifs is 1. The molecule has 3 N–H and O–H groups in total. The highest BCUT2D eigenvalue weighted by Gasteiger charge is 2.22. The first-order valence-corrected chi connectivity index (χ1v) is 10.3. The number of pyridine rings is 1. The summed E-state index contributed by atoms with van der Waals surface area (Å²) >= 11 is 11.9. The van der Waals surface area contributed by atoms with Crippen LogP contribution in [0.4, 0.5) is 27.5 Å². The maximum Gasteiger partial charge on any atom is 0.323 e. The van der Waals surface area contributed by atoms with E-state index in [2.05, 4.69) is 25.8 Å². The van der Waals surface area contributed by atoms with Crippen molar-refractivity contribution in [2.75, 3.05) is 29.1 Å². The van der Waals surface area contributed by atoms with Crippen molar-refractivity contribution in [2.24, 2.45) is 0 Å². The standard InChI is InChI=1S/C22H19Cl2N5O2/c1-25-21(30)19-12-16(6-8-26-19)29-9-7-13-10-14(3-5-20(13)29)27-22(31)28-15-2-4-17(23)18(24)11-15/h2-6,8,10-12H,7,9H2,1H3,(H,25,30)(H2,27,28,31). The van der Waals surface area contributed by atoms with Crippen LogP contribution in [0.15, 0.2) is 54.7 Å². The third kappa shape index (κ3) is 4.57. The second-order valence-electron chi connectivity index (χ2n) is 6.93. The van der Waals surface area contributed by atoms with Crippen molar-refractivity contribution in [2.45, 2.75) is 6.42 Å². The van der Waals surface area contributed by atoms with Crippen LogP contribution in [-0.2, 0) is 6.42 Å². The van der Waals surface area contributed by atoms with Crippen molar-refractivity contribution in [3.63, 3.8) is 0 Å². The van der Waals surface area contributed by atoms with Crippen LogP contribution in [0.3, 0.4) is 0 Å². The second-order valence-corrected chi connectivity index (χ2v) is 7.75. The first-order valence-electron chi connectivity index (χ1n) is 9.56. The Hall–Kier alpha value is -3.29. The topological polar surface area (TPSA) is 86.4 Å². The molecule has 0 fully saturated rings. The van der Waals surface area contributed by atoms with Gasteiger partial charge in [0.2, 0.25) is 0 Å². The maximum absolute atomic E-state index is 12.3. The first kappa shape index (κ1) is 21.0. The number of rotatable bonds is 4. The lowest BCUT2D eigenvalue weighted by Crippen LogP contribution is -2.20. The smallest absolute Gasteiger partial charge is 0.323 e. The highest BCUT2D eigenvalue weighted by atomic mass is 35.5. The summed E-state index contributed by atoms with van der Waals surface area (Å²) in [5.41, 5.74) is 4.62. The van der Waals surface area contributed by atoms with E-state index in [1.165, 1.54) is 0 Å². The molecule has 31 heavy (non-hydrogen) atoms. The number of carbonyl (C=O) groups is 2. The Morgan fingerprint density at radius 3 is 2.45 bits per heavy atom. The number of anilines is 4. The molecule has 1 aromatic heterocycles. The third-order valence-electron chi connectivity index (χ3n) is 4.93. The molecule has 2 heterocycles. The average Bonchev–Trinajstić information content (AvgIpc) is 3.19. The van der Waals surface area contributed by atoms with E-state index in [0.29, 0.717) is 27.1 Å². The molecule has 3 amide bonds. The van der Waals surface area contributed by atoms with Crippen LogP contribution >= 0.6 is 23.2 Å². The van der Waals surface area contributed by atoms with Crippen molar-refractivity contribution in [3.05, 3.63) is 76.0 Å². The monoisotopic (exact) mass is 455 g/mol. The number of halogens is 2. The lowest BCUT2D eigenvalue weighted by atomic mass is 10.1. The minimum atomic E-state index is -0.377. The van der Waals surface area contributed by atoms with E-state index >= 15 is 0 Å². The van der Waals surface area contributed by atoms with Gasteiger partial charge in [-0.3, -0.25) is 9.78 Å². The van der Waals surface area contributed by atoms with Gasteiger partial charge in [0.1, 0.15) is 5.69 Å². The van der Waals surface area contributed by atoms with Gasteiger partial charge in [0.25, 0.3) is 5.91 Å². The Morgan fingerprint density at radius 1 is 0.968 bits per heavy atom. The fourth-order valence-electron chi connectivity index (χ4n) is 3.45. The fourth-order valence-corrected chi connectivity index (χ4v) is 3.75. The van der Waals surface area contributed by atoms with Crippen LogP contribution in [0.1, 0.15) is 16.1 Å². The van der Waals surface area contributed by atoms with Gasteiger partial charge in [-0.05, 0) is 60.5 Å². The molecule has 0 spiro atoms. The van der Waals surface area contributed by atoms with E-state index in [1.54, 1.807) is 37.5 Å². The molecule has 2 aromatic carbocycles. The van der Waals surface area contributed by atoms with Gasteiger partial charge >= 0.3 is 6.03 Å². The van der Waals surface area contributed by atoms with E-state index in [1.807, 2.05) is 24.3 Å². The summed E-state index contributed by atoms with van der Waals surface area (Å²) in [4.78, 5) is 30.5. The Kier molecular flexibility index (Phi) is 5.97. The molecule has 1 aliphatic rings. The number of nitrogens with zero attached hydrogens (tertiary/aromatic N) is 2. The molecule has 0 unspecified atom stereocenters.